The van der Waals surface area contributed by atoms with Crippen LogP contribution in [0.3, 0.4) is 0 Å². The van der Waals surface area contributed by atoms with Crippen LogP contribution in [-0.4, -0.2) is 22.3 Å². The van der Waals surface area contributed by atoms with E-state index in [0.717, 1.165) is 30.4 Å². The van der Waals surface area contributed by atoms with Crippen molar-refractivity contribution in [2.24, 2.45) is 0 Å². The van der Waals surface area contributed by atoms with Gasteiger partial charge in [0.1, 0.15) is 5.01 Å². The van der Waals surface area contributed by atoms with Gasteiger partial charge in [-0.1, -0.05) is 0 Å². The third-order valence-electron chi connectivity index (χ3n) is 2.28. The van der Waals surface area contributed by atoms with Gasteiger partial charge in [0.05, 0.1) is 12.4 Å². The monoisotopic (exact) mass is 195 g/mol. The largest absolute Gasteiger partial charge is 0.354 e. The number of thiazole rings is 1. The molecule has 1 fully saturated rings. The Morgan fingerprint density at radius 3 is 3.15 bits per heavy atom. The van der Waals surface area contributed by atoms with E-state index in [0.29, 0.717) is 0 Å². The molecular formula is C9H13N3S. The molecule has 0 radical (unpaired) electrons. The molecule has 0 unspecified atom stereocenters. The first-order chi connectivity index (χ1) is 6.36. The Morgan fingerprint density at radius 1 is 1.54 bits per heavy atom. The quantitative estimate of drug-likeness (QED) is 0.785. The van der Waals surface area contributed by atoms with Crippen LogP contribution in [-0.2, 0) is 6.54 Å². The molecule has 1 aromatic rings. The average molecular weight is 195 g/mol. The van der Waals surface area contributed by atoms with Crippen LogP contribution in [0.25, 0.3) is 0 Å². The number of hydrogen-bond acceptors (Lipinski definition) is 3. The molecule has 1 aliphatic heterocycles. The fourth-order valence-electron chi connectivity index (χ4n) is 1.56. The molecule has 70 valence electrons. The standard InChI is InChI=1S/C9H13N3S/c10-8-3-1-2-5-12(8)7-9-11-4-6-13-9/h4,6,10H,1-3,5,7H2. The van der Waals surface area contributed by atoms with Gasteiger partial charge in [0, 0.05) is 24.5 Å². The molecule has 0 spiro atoms. The second-order valence-corrected chi connectivity index (χ2v) is 4.23. The molecule has 2 rings (SSSR count). The smallest absolute Gasteiger partial charge is 0.112 e. The minimum atomic E-state index is 0.779. The van der Waals surface area contributed by atoms with E-state index in [1.54, 1.807) is 11.3 Å². The second kappa shape index (κ2) is 3.87. The number of likely N-dealkylation sites (tertiary alicyclic amines) is 1. The van der Waals surface area contributed by atoms with E-state index in [-0.39, 0.29) is 0 Å². The van der Waals surface area contributed by atoms with Gasteiger partial charge in [0.15, 0.2) is 0 Å². The van der Waals surface area contributed by atoms with Crippen LogP contribution in [0.1, 0.15) is 24.3 Å². The molecule has 0 saturated carbocycles. The summed E-state index contributed by atoms with van der Waals surface area (Å²) in [4.78, 5) is 6.35. The van der Waals surface area contributed by atoms with Crippen molar-refractivity contribution < 1.29 is 0 Å². The van der Waals surface area contributed by atoms with Gasteiger partial charge in [0.2, 0.25) is 0 Å². The van der Waals surface area contributed by atoms with Gasteiger partial charge in [-0.3, -0.25) is 5.41 Å². The highest BCUT2D eigenvalue weighted by Crippen LogP contribution is 2.15. The number of hydrogen-bond donors (Lipinski definition) is 1. The van der Waals surface area contributed by atoms with Crippen molar-refractivity contribution >= 4 is 17.2 Å². The minimum absolute atomic E-state index is 0.779. The number of aromatic nitrogens is 1. The Balaban J connectivity index is 1.97. The van der Waals surface area contributed by atoms with E-state index in [1.807, 2.05) is 11.6 Å². The Labute approximate surface area is 81.9 Å². The zero-order valence-corrected chi connectivity index (χ0v) is 8.31. The Kier molecular flexibility index (Phi) is 2.59. The maximum atomic E-state index is 7.75. The molecule has 0 amide bonds. The summed E-state index contributed by atoms with van der Waals surface area (Å²) in [6.45, 7) is 1.86. The lowest BCUT2D eigenvalue weighted by atomic mass is 10.1. The molecule has 1 aliphatic rings. The molecule has 3 nitrogen and oxygen atoms in total. The van der Waals surface area contributed by atoms with E-state index < -0.39 is 0 Å². The van der Waals surface area contributed by atoms with E-state index in [4.69, 9.17) is 5.41 Å². The Bertz CT molecular complexity index is 281. The highest BCUT2D eigenvalue weighted by molar-refractivity contribution is 7.09. The summed E-state index contributed by atoms with van der Waals surface area (Å²) in [6.07, 6.45) is 5.15. The van der Waals surface area contributed by atoms with E-state index in [2.05, 4.69) is 9.88 Å². The molecule has 1 N–H and O–H groups in total. The third kappa shape index (κ3) is 2.06. The van der Waals surface area contributed by atoms with Crippen molar-refractivity contribution in [1.82, 2.24) is 9.88 Å². The topological polar surface area (TPSA) is 40.0 Å². The molecule has 4 heteroatoms. The molecule has 0 aromatic carbocycles. The second-order valence-electron chi connectivity index (χ2n) is 3.25. The first kappa shape index (κ1) is 8.69. The Morgan fingerprint density at radius 2 is 2.46 bits per heavy atom. The molecule has 1 saturated heterocycles. The molecule has 0 aliphatic carbocycles. The maximum absolute atomic E-state index is 7.75. The van der Waals surface area contributed by atoms with Crippen molar-refractivity contribution in [3.63, 3.8) is 0 Å². The highest BCUT2D eigenvalue weighted by Gasteiger charge is 2.15. The van der Waals surface area contributed by atoms with Gasteiger partial charge in [-0.25, -0.2) is 4.98 Å². The van der Waals surface area contributed by atoms with Crippen LogP contribution in [0.15, 0.2) is 11.6 Å². The van der Waals surface area contributed by atoms with Gasteiger partial charge < -0.3 is 4.90 Å². The lowest BCUT2D eigenvalue weighted by molar-refractivity contribution is 0.360. The zero-order valence-electron chi connectivity index (χ0n) is 7.49. The van der Waals surface area contributed by atoms with Gasteiger partial charge >= 0.3 is 0 Å². The zero-order chi connectivity index (χ0) is 9.10. The van der Waals surface area contributed by atoms with Crippen LogP contribution in [0.5, 0.6) is 0 Å². The van der Waals surface area contributed by atoms with Crippen LogP contribution in [0.2, 0.25) is 0 Å². The normalized spacial score (nSPS) is 17.8. The summed E-state index contributed by atoms with van der Waals surface area (Å²) < 4.78 is 0. The predicted molar refractivity (Wildman–Crippen MR) is 54.1 cm³/mol. The van der Waals surface area contributed by atoms with Crippen LogP contribution >= 0.6 is 11.3 Å². The van der Waals surface area contributed by atoms with E-state index in [1.165, 1.54) is 12.8 Å². The minimum Gasteiger partial charge on any atom is -0.354 e. The summed E-state index contributed by atoms with van der Waals surface area (Å²) in [5, 5.41) is 10.9. The molecule has 13 heavy (non-hydrogen) atoms. The fourth-order valence-corrected chi connectivity index (χ4v) is 2.19. The van der Waals surface area contributed by atoms with E-state index in [9.17, 15) is 0 Å². The molecule has 1 aromatic heterocycles. The van der Waals surface area contributed by atoms with Gasteiger partial charge in [0.25, 0.3) is 0 Å². The van der Waals surface area contributed by atoms with Gasteiger partial charge in [-0.2, -0.15) is 0 Å². The van der Waals surface area contributed by atoms with Gasteiger partial charge in [-0.15, -0.1) is 11.3 Å². The number of amidine groups is 1. The number of piperidine rings is 1. The van der Waals surface area contributed by atoms with Crippen LogP contribution in [0, 0.1) is 5.41 Å². The van der Waals surface area contributed by atoms with Crippen molar-refractivity contribution in [2.75, 3.05) is 6.54 Å². The number of rotatable bonds is 2. The molecule has 2 heterocycles. The lowest BCUT2D eigenvalue weighted by Crippen LogP contribution is -2.34. The van der Waals surface area contributed by atoms with E-state index >= 15 is 0 Å². The van der Waals surface area contributed by atoms with Crippen molar-refractivity contribution in [2.45, 2.75) is 25.8 Å². The number of nitrogens with one attached hydrogen (secondary N) is 1. The van der Waals surface area contributed by atoms with Crippen molar-refractivity contribution in [1.29, 1.82) is 5.41 Å². The number of nitrogens with zero attached hydrogens (tertiary/aromatic N) is 2. The summed E-state index contributed by atoms with van der Waals surface area (Å²) in [6, 6.07) is 0. The third-order valence-corrected chi connectivity index (χ3v) is 3.05. The summed E-state index contributed by atoms with van der Waals surface area (Å²) in [5.74, 6) is 0.779. The molecular weight excluding hydrogens is 182 g/mol. The van der Waals surface area contributed by atoms with Crippen LogP contribution in [0.4, 0.5) is 0 Å². The molecule has 0 atom stereocenters. The Hall–Kier alpha value is -0.900. The first-order valence-electron chi connectivity index (χ1n) is 4.57. The fraction of sp³-hybridized carbons (Fsp3) is 0.556. The summed E-state index contributed by atoms with van der Waals surface area (Å²) in [7, 11) is 0. The first-order valence-corrected chi connectivity index (χ1v) is 5.45. The highest BCUT2D eigenvalue weighted by atomic mass is 32.1. The van der Waals surface area contributed by atoms with Crippen molar-refractivity contribution in [3.05, 3.63) is 16.6 Å². The van der Waals surface area contributed by atoms with Crippen LogP contribution < -0.4 is 0 Å². The summed E-state index contributed by atoms with van der Waals surface area (Å²) >= 11 is 1.67. The summed E-state index contributed by atoms with van der Waals surface area (Å²) in [5.41, 5.74) is 0. The average Bonchev–Trinajstić information content (AvgIpc) is 2.61. The van der Waals surface area contributed by atoms with Crippen molar-refractivity contribution in [3.8, 4) is 0 Å². The lowest BCUT2D eigenvalue weighted by Gasteiger charge is -2.28. The SMILES string of the molecule is N=C1CCCCN1Cc1nccs1. The molecule has 0 bridgehead atoms. The predicted octanol–water partition coefficient (Wildman–Crippen LogP) is 2.11. The van der Waals surface area contributed by atoms with Gasteiger partial charge in [-0.05, 0) is 12.8 Å². The maximum Gasteiger partial charge on any atom is 0.112 e.